The Kier molecular flexibility index (Phi) is 7.64. The molecule has 4 nitrogen and oxygen atoms in total. The van der Waals surface area contributed by atoms with Crippen LogP contribution in [0.5, 0.6) is 0 Å². The van der Waals surface area contributed by atoms with Crippen molar-refractivity contribution in [1.29, 1.82) is 0 Å². The number of hydrogen-bond acceptors (Lipinski definition) is 4. The molecule has 0 saturated heterocycles. The molecule has 0 radical (unpaired) electrons. The van der Waals surface area contributed by atoms with Crippen molar-refractivity contribution in [3.63, 3.8) is 0 Å². The van der Waals surface area contributed by atoms with Crippen LogP contribution in [0.2, 0.25) is 0 Å². The number of aliphatic hydroxyl groups is 1. The van der Waals surface area contributed by atoms with Gasteiger partial charge in [0.1, 0.15) is 0 Å². The van der Waals surface area contributed by atoms with Gasteiger partial charge in [-0.3, -0.25) is 4.57 Å². The Morgan fingerprint density at radius 1 is 1.24 bits per heavy atom. The number of hydrogen-bond donors (Lipinski definition) is 1. The predicted molar refractivity (Wildman–Crippen MR) is 70.1 cm³/mol. The van der Waals surface area contributed by atoms with Crippen molar-refractivity contribution < 1.29 is 18.7 Å². The molecular weight excluding hydrogens is 239 g/mol. The first-order valence-electron chi connectivity index (χ1n) is 5.56. The van der Waals surface area contributed by atoms with Crippen molar-refractivity contribution in [2.45, 2.75) is 33.6 Å². The van der Waals surface area contributed by atoms with Gasteiger partial charge in [-0.2, -0.15) is 0 Å². The molecule has 0 aliphatic carbocycles. The van der Waals surface area contributed by atoms with Crippen molar-refractivity contribution >= 4 is 7.60 Å². The summed E-state index contributed by atoms with van der Waals surface area (Å²) in [5.41, 5.74) is 2.10. The summed E-state index contributed by atoms with van der Waals surface area (Å²) in [5, 5.41) is 9.66. The van der Waals surface area contributed by atoms with Gasteiger partial charge in [-0.15, -0.1) is 0 Å². The van der Waals surface area contributed by atoms with Crippen molar-refractivity contribution in [1.82, 2.24) is 0 Å². The van der Waals surface area contributed by atoms with Gasteiger partial charge in [0.15, 0.2) is 0 Å². The number of rotatable bonds is 7. The maximum atomic E-state index is 12.1. The lowest BCUT2D eigenvalue weighted by molar-refractivity contribution is 0.269. The summed E-state index contributed by atoms with van der Waals surface area (Å²) in [5.74, 6) is 0. The standard InChI is InChI=1S/C12H23O4P/c1-10(2)7-6-8-11(3)12(9-13)17(14,15-4)16-5/h7,13H,6,8-9H2,1-5H3/b12-11+. The first-order chi connectivity index (χ1) is 7.91. The van der Waals surface area contributed by atoms with E-state index in [2.05, 4.69) is 6.08 Å². The maximum Gasteiger partial charge on any atom is 0.359 e. The molecule has 0 saturated carbocycles. The van der Waals surface area contributed by atoms with Gasteiger partial charge in [-0.1, -0.05) is 17.2 Å². The number of allylic oxidation sites excluding steroid dienone is 3. The average molecular weight is 262 g/mol. The van der Waals surface area contributed by atoms with E-state index in [1.54, 1.807) is 0 Å². The minimum Gasteiger partial charge on any atom is -0.391 e. The molecule has 0 heterocycles. The van der Waals surface area contributed by atoms with Crippen LogP contribution in [0, 0.1) is 0 Å². The smallest absolute Gasteiger partial charge is 0.359 e. The second-order valence-corrected chi connectivity index (χ2v) is 6.33. The highest BCUT2D eigenvalue weighted by atomic mass is 31.2. The van der Waals surface area contributed by atoms with Crippen molar-refractivity contribution in [3.05, 3.63) is 22.5 Å². The van der Waals surface area contributed by atoms with E-state index in [0.29, 0.717) is 5.31 Å². The third-order valence-electron chi connectivity index (χ3n) is 2.53. The van der Waals surface area contributed by atoms with Crippen LogP contribution >= 0.6 is 7.60 Å². The molecule has 17 heavy (non-hydrogen) atoms. The van der Waals surface area contributed by atoms with E-state index >= 15 is 0 Å². The molecule has 0 rings (SSSR count). The first-order valence-corrected chi connectivity index (χ1v) is 7.10. The van der Waals surface area contributed by atoms with Crippen LogP contribution in [0.25, 0.3) is 0 Å². The lowest BCUT2D eigenvalue weighted by Crippen LogP contribution is -2.01. The van der Waals surface area contributed by atoms with E-state index in [1.807, 2.05) is 20.8 Å². The predicted octanol–water partition coefficient (Wildman–Crippen LogP) is 3.49. The zero-order valence-electron chi connectivity index (χ0n) is 11.3. The fourth-order valence-electron chi connectivity index (χ4n) is 1.47. The van der Waals surface area contributed by atoms with Crippen molar-refractivity contribution in [2.75, 3.05) is 20.8 Å². The maximum absolute atomic E-state index is 12.1. The van der Waals surface area contributed by atoms with Gasteiger partial charge in [-0.25, -0.2) is 0 Å². The lowest BCUT2D eigenvalue weighted by atomic mass is 10.1. The first kappa shape index (κ1) is 16.6. The van der Waals surface area contributed by atoms with Crippen LogP contribution < -0.4 is 0 Å². The Morgan fingerprint density at radius 3 is 2.12 bits per heavy atom. The zero-order valence-corrected chi connectivity index (χ0v) is 12.2. The van der Waals surface area contributed by atoms with Crippen LogP contribution in [0.4, 0.5) is 0 Å². The van der Waals surface area contributed by atoms with E-state index < -0.39 is 7.60 Å². The van der Waals surface area contributed by atoms with Gasteiger partial charge >= 0.3 is 7.60 Å². The van der Waals surface area contributed by atoms with Crippen LogP contribution in [0.3, 0.4) is 0 Å². The van der Waals surface area contributed by atoms with Crippen LogP contribution in [-0.2, 0) is 13.6 Å². The number of aliphatic hydroxyl groups excluding tert-OH is 1. The molecule has 0 aromatic rings. The Hall–Kier alpha value is -0.410. The molecular formula is C12H23O4P. The van der Waals surface area contributed by atoms with Gasteiger partial charge < -0.3 is 14.2 Å². The highest BCUT2D eigenvalue weighted by molar-refractivity contribution is 7.58. The fraction of sp³-hybridized carbons (Fsp3) is 0.667. The molecule has 0 aromatic carbocycles. The fourth-order valence-corrected chi connectivity index (χ4v) is 2.81. The molecule has 0 aromatic heterocycles. The zero-order chi connectivity index (χ0) is 13.5. The summed E-state index contributed by atoms with van der Waals surface area (Å²) in [6.45, 7) is 5.59. The Bertz CT molecular complexity index is 332. The summed E-state index contributed by atoms with van der Waals surface area (Å²) >= 11 is 0. The summed E-state index contributed by atoms with van der Waals surface area (Å²) < 4.78 is 21.9. The van der Waals surface area contributed by atoms with E-state index in [9.17, 15) is 9.67 Å². The lowest BCUT2D eigenvalue weighted by Gasteiger charge is -2.18. The molecule has 0 fully saturated rings. The summed E-state index contributed by atoms with van der Waals surface area (Å²) in [4.78, 5) is 0. The van der Waals surface area contributed by atoms with Crippen LogP contribution in [0.15, 0.2) is 22.5 Å². The monoisotopic (exact) mass is 262 g/mol. The molecule has 1 N–H and O–H groups in total. The second kappa shape index (κ2) is 7.83. The highest BCUT2D eigenvalue weighted by Gasteiger charge is 2.28. The van der Waals surface area contributed by atoms with Gasteiger partial charge in [0, 0.05) is 14.2 Å². The Balaban J connectivity index is 4.93. The van der Waals surface area contributed by atoms with Gasteiger partial charge in [-0.05, 0) is 33.6 Å². The highest BCUT2D eigenvalue weighted by Crippen LogP contribution is 2.55. The van der Waals surface area contributed by atoms with Crippen molar-refractivity contribution in [2.24, 2.45) is 0 Å². The molecule has 0 unspecified atom stereocenters. The third-order valence-corrected chi connectivity index (χ3v) is 4.67. The quantitative estimate of drug-likeness (QED) is 0.563. The summed E-state index contributed by atoms with van der Waals surface area (Å²) in [6.07, 6.45) is 3.69. The van der Waals surface area contributed by atoms with E-state index in [1.165, 1.54) is 19.8 Å². The average Bonchev–Trinajstić information content (AvgIpc) is 2.29. The topological polar surface area (TPSA) is 55.8 Å². The van der Waals surface area contributed by atoms with Gasteiger partial charge in [0.25, 0.3) is 0 Å². The van der Waals surface area contributed by atoms with E-state index in [-0.39, 0.29) is 6.61 Å². The minimum absolute atomic E-state index is 0.306. The second-order valence-electron chi connectivity index (χ2n) is 4.07. The molecule has 0 bridgehead atoms. The summed E-state index contributed by atoms with van der Waals surface area (Å²) in [6, 6.07) is 0. The minimum atomic E-state index is -3.30. The molecule has 0 aliphatic rings. The molecule has 0 atom stereocenters. The molecule has 5 heteroatoms. The molecule has 0 spiro atoms. The molecule has 100 valence electrons. The van der Waals surface area contributed by atoms with E-state index in [4.69, 9.17) is 9.05 Å². The molecule has 0 amide bonds. The SMILES string of the molecule is COP(=O)(OC)/C(CO)=C(\C)CCC=C(C)C. The van der Waals surface area contributed by atoms with Crippen LogP contribution in [-0.4, -0.2) is 25.9 Å². The Labute approximate surface area is 104 Å². The molecule has 0 aliphatic heterocycles. The van der Waals surface area contributed by atoms with Crippen molar-refractivity contribution in [3.8, 4) is 0 Å². The Morgan fingerprint density at radius 2 is 1.76 bits per heavy atom. The normalized spacial score (nSPS) is 13.3. The van der Waals surface area contributed by atoms with Gasteiger partial charge in [0.2, 0.25) is 0 Å². The summed E-state index contributed by atoms with van der Waals surface area (Å²) in [7, 11) is -0.657. The van der Waals surface area contributed by atoms with Crippen LogP contribution in [0.1, 0.15) is 33.6 Å². The van der Waals surface area contributed by atoms with E-state index in [0.717, 1.165) is 18.4 Å². The largest absolute Gasteiger partial charge is 0.391 e. The van der Waals surface area contributed by atoms with Gasteiger partial charge in [0.05, 0.1) is 11.9 Å². The third kappa shape index (κ3) is 5.17.